The first-order valence-corrected chi connectivity index (χ1v) is 5.94. The minimum absolute atomic E-state index is 0.448. The molecule has 1 aromatic heterocycles. The first-order chi connectivity index (χ1) is 7.34. The quantitative estimate of drug-likeness (QED) is 0.735. The van der Waals surface area contributed by atoms with E-state index >= 15 is 0 Å². The summed E-state index contributed by atoms with van der Waals surface area (Å²) in [5.74, 6) is 0.771. The lowest BCUT2D eigenvalue weighted by molar-refractivity contribution is 0.291. The molecule has 0 aliphatic heterocycles. The van der Waals surface area contributed by atoms with E-state index < -0.39 is 0 Å². The van der Waals surface area contributed by atoms with Crippen molar-refractivity contribution in [3.05, 3.63) is 23.9 Å². The summed E-state index contributed by atoms with van der Waals surface area (Å²) in [7, 11) is 0. The van der Waals surface area contributed by atoms with Crippen LogP contribution in [0.15, 0.2) is 18.3 Å². The van der Waals surface area contributed by atoms with Crippen LogP contribution in [0, 0.1) is 6.92 Å². The van der Waals surface area contributed by atoms with Crippen LogP contribution in [-0.2, 0) is 0 Å². The highest BCUT2D eigenvalue weighted by Crippen LogP contribution is 2.25. The molecule has 2 rings (SSSR count). The second kappa shape index (κ2) is 8.27. The summed E-state index contributed by atoms with van der Waals surface area (Å²) in [4.78, 5) is 4.10. The SMILES string of the molecule is CC.CC.Cc1ccnc(OC2CC2)c1. The van der Waals surface area contributed by atoms with Gasteiger partial charge in [-0.15, -0.1) is 0 Å². The molecule has 0 bridgehead atoms. The smallest absolute Gasteiger partial charge is 0.213 e. The van der Waals surface area contributed by atoms with Gasteiger partial charge in [-0.25, -0.2) is 4.98 Å². The van der Waals surface area contributed by atoms with E-state index in [0.29, 0.717) is 6.10 Å². The van der Waals surface area contributed by atoms with Crippen LogP contribution < -0.4 is 4.74 Å². The molecular formula is C13H23NO. The zero-order chi connectivity index (χ0) is 11.7. The molecule has 2 heteroatoms. The Hall–Kier alpha value is -1.05. The molecule has 2 nitrogen and oxygen atoms in total. The van der Waals surface area contributed by atoms with Gasteiger partial charge in [0, 0.05) is 12.3 Å². The molecule has 1 aromatic rings. The molecule has 86 valence electrons. The van der Waals surface area contributed by atoms with Gasteiger partial charge in [0.05, 0.1) is 0 Å². The molecule has 0 unspecified atom stereocenters. The van der Waals surface area contributed by atoms with E-state index in [4.69, 9.17) is 4.74 Å². The molecule has 1 heterocycles. The molecule has 1 aliphatic rings. The Labute approximate surface area is 93.7 Å². The number of hydrogen-bond donors (Lipinski definition) is 0. The number of aromatic nitrogens is 1. The number of hydrogen-bond acceptors (Lipinski definition) is 2. The van der Waals surface area contributed by atoms with Crippen molar-refractivity contribution in [2.45, 2.75) is 53.6 Å². The van der Waals surface area contributed by atoms with E-state index in [9.17, 15) is 0 Å². The Kier molecular flexibility index (Phi) is 7.69. The fraction of sp³-hybridized carbons (Fsp3) is 0.615. The first kappa shape index (κ1) is 13.9. The lowest BCUT2D eigenvalue weighted by Crippen LogP contribution is -1.97. The normalized spacial score (nSPS) is 12.9. The summed E-state index contributed by atoms with van der Waals surface area (Å²) in [6.45, 7) is 10.0. The predicted octanol–water partition coefficient (Wildman–Crippen LogP) is 3.98. The summed E-state index contributed by atoms with van der Waals surface area (Å²) in [5, 5.41) is 0. The van der Waals surface area contributed by atoms with Crippen LogP contribution in [0.5, 0.6) is 5.88 Å². The summed E-state index contributed by atoms with van der Waals surface area (Å²) in [6.07, 6.45) is 4.61. The molecule has 0 N–H and O–H groups in total. The maximum absolute atomic E-state index is 5.50. The fourth-order valence-corrected chi connectivity index (χ4v) is 0.930. The number of pyridine rings is 1. The van der Waals surface area contributed by atoms with Crippen LogP contribution in [0.25, 0.3) is 0 Å². The van der Waals surface area contributed by atoms with Crippen molar-refractivity contribution in [2.75, 3.05) is 0 Å². The van der Waals surface area contributed by atoms with E-state index in [0.717, 1.165) is 5.88 Å². The molecule has 0 radical (unpaired) electrons. The van der Waals surface area contributed by atoms with Gasteiger partial charge in [0.2, 0.25) is 5.88 Å². The van der Waals surface area contributed by atoms with Crippen molar-refractivity contribution in [3.8, 4) is 5.88 Å². The van der Waals surface area contributed by atoms with Gasteiger partial charge in [-0.1, -0.05) is 27.7 Å². The lowest BCUT2D eigenvalue weighted by atomic mass is 10.3. The Balaban J connectivity index is 0.000000442. The summed E-state index contributed by atoms with van der Waals surface area (Å²) in [6, 6.07) is 3.94. The summed E-state index contributed by atoms with van der Waals surface area (Å²) >= 11 is 0. The Morgan fingerprint density at radius 1 is 1.20 bits per heavy atom. The molecule has 0 atom stereocenters. The van der Waals surface area contributed by atoms with E-state index in [1.807, 2.05) is 46.8 Å². The van der Waals surface area contributed by atoms with E-state index in [-0.39, 0.29) is 0 Å². The lowest BCUT2D eigenvalue weighted by Gasteiger charge is -2.01. The largest absolute Gasteiger partial charge is 0.474 e. The average Bonchev–Trinajstić information content (AvgIpc) is 3.08. The molecule has 1 aliphatic carbocycles. The Morgan fingerprint density at radius 3 is 2.27 bits per heavy atom. The fourth-order valence-electron chi connectivity index (χ4n) is 0.930. The van der Waals surface area contributed by atoms with Gasteiger partial charge in [0.1, 0.15) is 6.10 Å². The van der Waals surface area contributed by atoms with Crippen molar-refractivity contribution < 1.29 is 4.74 Å². The standard InChI is InChI=1S/C9H11NO.2C2H6/c1-7-4-5-10-9(6-7)11-8-2-3-8;2*1-2/h4-6,8H,2-3H2,1H3;2*1-2H3. The van der Waals surface area contributed by atoms with Gasteiger partial charge in [-0.3, -0.25) is 0 Å². The zero-order valence-corrected chi connectivity index (χ0v) is 10.6. The molecule has 0 spiro atoms. The van der Waals surface area contributed by atoms with Gasteiger partial charge in [0.25, 0.3) is 0 Å². The zero-order valence-electron chi connectivity index (χ0n) is 10.6. The van der Waals surface area contributed by atoms with Crippen molar-refractivity contribution in [1.82, 2.24) is 4.98 Å². The molecule has 0 aromatic carbocycles. The highest BCUT2D eigenvalue weighted by molar-refractivity contribution is 5.19. The van der Waals surface area contributed by atoms with Gasteiger partial charge >= 0.3 is 0 Å². The Bertz CT molecular complexity index is 256. The topological polar surface area (TPSA) is 22.1 Å². The molecule has 0 amide bonds. The van der Waals surface area contributed by atoms with E-state index in [2.05, 4.69) is 4.98 Å². The van der Waals surface area contributed by atoms with Gasteiger partial charge in [-0.05, 0) is 31.4 Å². The monoisotopic (exact) mass is 209 g/mol. The van der Waals surface area contributed by atoms with Crippen LogP contribution in [0.2, 0.25) is 0 Å². The second-order valence-corrected chi connectivity index (χ2v) is 2.99. The minimum atomic E-state index is 0.448. The second-order valence-electron chi connectivity index (χ2n) is 2.99. The van der Waals surface area contributed by atoms with E-state index in [1.165, 1.54) is 18.4 Å². The summed E-state index contributed by atoms with van der Waals surface area (Å²) in [5.41, 5.74) is 1.20. The van der Waals surface area contributed by atoms with E-state index in [1.54, 1.807) is 6.20 Å². The number of nitrogens with zero attached hydrogens (tertiary/aromatic N) is 1. The Morgan fingerprint density at radius 2 is 1.80 bits per heavy atom. The van der Waals surface area contributed by atoms with Crippen LogP contribution >= 0.6 is 0 Å². The molecule has 1 fully saturated rings. The van der Waals surface area contributed by atoms with Crippen LogP contribution in [0.3, 0.4) is 0 Å². The van der Waals surface area contributed by atoms with Gasteiger partial charge < -0.3 is 4.74 Å². The third kappa shape index (κ3) is 6.10. The maximum Gasteiger partial charge on any atom is 0.213 e. The predicted molar refractivity (Wildman–Crippen MR) is 65.3 cm³/mol. The number of ether oxygens (including phenoxy) is 1. The molecule has 0 saturated heterocycles. The first-order valence-electron chi connectivity index (χ1n) is 5.94. The van der Waals surface area contributed by atoms with Crippen LogP contribution in [-0.4, -0.2) is 11.1 Å². The van der Waals surface area contributed by atoms with Crippen LogP contribution in [0.4, 0.5) is 0 Å². The molecular weight excluding hydrogens is 186 g/mol. The highest BCUT2D eigenvalue weighted by Gasteiger charge is 2.23. The average molecular weight is 209 g/mol. The van der Waals surface area contributed by atoms with Crippen molar-refractivity contribution >= 4 is 0 Å². The molecule has 15 heavy (non-hydrogen) atoms. The van der Waals surface area contributed by atoms with Crippen LogP contribution in [0.1, 0.15) is 46.1 Å². The van der Waals surface area contributed by atoms with Crippen molar-refractivity contribution in [1.29, 1.82) is 0 Å². The molecule has 1 saturated carbocycles. The number of aryl methyl sites for hydroxylation is 1. The summed E-state index contributed by atoms with van der Waals surface area (Å²) < 4.78 is 5.50. The van der Waals surface area contributed by atoms with Gasteiger partial charge in [-0.2, -0.15) is 0 Å². The third-order valence-electron chi connectivity index (χ3n) is 1.70. The van der Waals surface area contributed by atoms with Gasteiger partial charge in [0.15, 0.2) is 0 Å². The highest BCUT2D eigenvalue weighted by atomic mass is 16.5. The van der Waals surface area contributed by atoms with Crippen molar-refractivity contribution in [2.24, 2.45) is 0 Å². The maximum atomic E-state index is 5.50. The number of rotatable bonds is 2. The van der Waals surface area contributed by atoms with Crippen molar-refractivity contribution in [3.63, 3.8) is 0 Å². The third-order valence-corrected chi connectivity index (χ3v) is 1.70. The minimum Gasteiger partial charge on any atom is -0.474 e.